The fraction of sp³-hybridized carbons (Fsp3) is 0.579. The first kappa shape index (κ1) is 23.1. The Morgan fingerprint density at radius 1 is 1.11 bits per heavy atom. The SMILES string of the molecule is CCCCC(=O)NC(=O)CN(CCC)S(=O)(=O)Cc1cccc(OCC)c1. The number of nitrogens with one attached hydrogen (secondary N) is 1. The first-order chi connectivity index (χ1) is 12.8. The van der Waals surface area contributed by atoms with Crippen molar-refractivity contribution < 1.29 is 22.7 Å². The van der Waals surface area contributed by atoms with Crippen LogP contribution in [0.4, 0.5) is 0 Å². The van der Waals surface area contributed by atoms with Gasteiger partial charge in [-0.25, -0.2) is 8.42 Å². The standard InChI is InChI=1S/C19H30N2O5S/c1-4-7-11-18(22)20-19(23)14-21(12-5-2)27(24,25)15-16-9-8-10-17(13-16)26-6-3/h8-10,13H,4-7,11-12,14-15H2,1-3H3,(H,20,22,23). The van der Waals surface area contributed by atoms with Crippen molar-refractivity contribution >= 4 is 21.8 Å². The van der Waals surface area contributed by atoms with Crippen LogP contribution < -0.4 is 10.1 Å². The molecule has 7 nitrogen and oxygen atoms in total. The Morgan fingerprint density at radius 2 is 1.85 bits per heavy atom. The van der Waals surface area contributed by atoms with Crippen molar-refractivity contribution in [1.29, 1.82) is 0 Å². The second-order valence-electron chi connectivity index (χ2n) is 6.25. The van der Waals surface area contributed by atoms with Crippen molar-refractivity contribution in [2.75, 3.05) is 19.7 Å². The lowest BCUT2D eigenvalue weighted by molar-refractivity contribution is -0.130. The summed E-state index contributed by atoms with van der Waals surface area (Å²) in [6.07, 6.45) is 2.35. The Bertz CT molecular complexity index is 719. The minimum Gasteiger partial charge on any atom is -0.494 e. The van der Waals surface area contributed by atoms with Gasteiger partial charge in [-0.05, 0) is 37.5 Å². The zero-order valence-corrected chi connectivity index (χ0v) is 17.2. The van der Waals surface area contributed by atoms with Gasteiger partial charge in [-0.1, -0.05) is 32.4 Å². The third-order valence-electron chi connectivity index (χ3n) is 3.78. The molecule has 0 saturated carbocycles. The molecule has 0 spiro atoms. The van der Waals surface area contributed by atoms with Crippen molar-refractivity contribution in [1.82, 2.24) is 9.62 Å². The highest BCUT2D eigenvalue weighted by atomic mass is 32.2. The van der Waals surface area contributed by atoms with Crippen LogP contribution in [-0.2, 0) is 25.4 Å². The molecule has 0 aromatic heterocycles. The van der Waals surface area contributed by atoms with Crippen LogP contribution in [0, 0.1) is 0 Å². The highest BCUT2D eigenvalue weighted by Gasteiger charge is 2.25. The molecule has 1 N–H and O–H groups in total. The average molecular weight is 399 g/mol. The Labute approximate surface area is 162 Å². The number of imide groups is 1. The van der Waals surface area contributed by atoms with Crippen LogP contribution in [0.15, 0.2) is 24.3 Å². The fourth-order valence-corrected chi connectivity index (χ4v) is 4.07. The third-order valence-corrected chi connectivity index (χ3v) is 5.58. The van der Waals surface area contributed by atoms with Crippen LogP contribution >= 0.6 is 0 Å². The molecular formula is C19H30N2O5S. The number of amides is 2. The number of carbonyl (C=O) groups excluding carboxylic acids is 2. The summed E-state index contributed by atoms with van der Waals surface area (Å²) in [5.41, 5.74) is 0.585. The topological polar surface area (TPSA) is 92.8 Å². The van der Waals surface area contributed by atoms with Crippen LogP contribution in [0.3, 0.4) is 0 Å². The van der Waals surface area contributed by atoms with E-state index in [1.807, 2.05) is 20.8 Å². The fourth-order valence-electron chi connectivity index (χ4n) is 2.51. The molecule has 0 fully saturated rings. The number of hydrogen-bond acceptors (Lipinski definition) is 5. The molecule has 0 saturated heterocycles. The lowest BCUT2D eigenvalue weighted by Gasteiger charge is -2.21. The minimum atomic E-state index is -3.71. The number of benzene rings is 1. The highest BCUT2D eigenvalue weighted by molar-refractivity contribution is 7.88. The Morgan fingerprint density at radius 3 is 2.48 bits per heavy atom. The maximum absolute atomic E-state index is 12.8. The molecule has 0 aliphatic heterocycles. The van der Waals surface area contributed by atoms with Crippen molar-refractivity contribution in [3.63, 3.8) is 0 Å². The predicted octanol–water partition coefficient (Wildman–Crippen LogP) is 2.46. The molecule has 1 aromatic carbocycles. The molecule has 1 aromatic rings. The van der Waals surface area contributed by atoms with Crippen molar-refractivity contribution in [2.24, 2.45) is 0 Å². The molecule has 8 heteroatoms. The van der Waals surface area contributed by atoms with Crippen LogP contribution in [0.2, 0.25) is 0 Å². The van der Waals surface area contributed by atoms with Gasteiger partial charge in [0.2, 0.25) is 21.8 Å². The summed E-state index contributed by atoms with van der Waals surface area (Å²) in [6, 6.07) is 6.88. The predicted molar refractivity (Wildman–Crippen MR) is 105 cm³/mol. The molecule has 0 heterocycles. The molecule has 152 valence electrons. The molecule has 0 radical (unpaired) electrons. The van der Waals surface area contributed by atoms with Crippen molar-refractivity contribution in [3.05, 3.63) is 29.8 Å². The van der Waals surface area contributed by atoms with Crippen LogP contribution in [0.1, 0.15) is 52.0 Å². The van der Waals surface area contributed by atoms with E-state index >= 15 is 0 Å². The van der Waals surface area contributed by atoms with Crippen LogP contribution in [0.5, 0.6) is 5.75 Å². The van der Waals surface area contributed by atoms with Gasteiger partial charge < -0.3 is 4.74 Å². The van der Waals surface area contributed by atoms with Gasteiger partial charge in [0.1, 0.15) is 5.75 Å². The van der Waals surface area contributed by atoms with Gasteiger partial charge >= 0.3 is 0 Å². The van der Waals surface area contributed by atoms with E-state index in [0.29, 0.717) is 30.8 Å². The second-order valence-corrected chi connectivity index (χ2v) is 8.21. The number of nitrogens with zero attached hydrogens (tertiary/aromatic N) is 1. The van der Waals surface area contributed by atoms with E-state index < -0.39 is 15.9 Å². The van der Waals surface area contributed by atoms with E-state index in [1.165, 1.54) is 0 Å². The molecule has 0 atom stereocenters. The van der Waals surface area contributed by atoms with Gasteiger partial charge in [0.15, 0.2) is 0 Å². The normalized spacial score (nSPS) is 11.4. The maximum atomic E-state index is 12.8. The lowest BCUT2D eigenvalue weighted by atomic mass is 10.2. The zero-order valence-electron chi connectivity index (χ0n) is 16.4. The van der Waals surface area contributed by atoms with Gasteiger partial charge in [-0.15, -0.1) is 0 Å². The van der Waals surface area contributed by atoms with Crippen LogP contribution in [-0.4, -0.2) is 44.2 Å². The molecule has 2 amide bonds. The summed E-state index contributed by atoms with van der Waals surface area (Å²) in [7, 11) is -3.71. The van der Waals surface area contributed by atoms with E-state index in [-0.39, 0.29) is 31.2 Å². The summed E-state index contributed by atoms with van der Waals surface area (Å²) in [4.78, 5) is 23.8. The molecule has 0 aliphatic rings. The van der Waals surface area contributed by atoms with Crippen molar-refractivity contribution in [2.45, 2.75) is 52.2 Å². The number of carbonyl (C=O) groups is 2. The molecule has 0 unspecified atom stereocenters. The van der Waals surface area contributed by atoms with Crippen molar-refractivity contribution in [3.8, 4) is 5.75 Å². The number of unbranched alkanes of at least 4 members (excludes halogenated alkanes) is 1. The first-order valence-corrected chi connectivity index (χ1v) is 11.0. The van der Waals surface area contributed by atoms with Gasteiger partial charge in [-0.3, -0.25) is 14.9 Å². The average Bonchev–Trinajstić information content (AvgIpc) is 2.59. The van der Waals surface area contributed by atoms with E-state index in [9.17, 15) is 18.0 Å². The Kier molecular flexibility index (Phi) is 10.0. The number of rotatable bonds is 12. The minimum absolute atomic E-state index is 0.212. The monoisotopic (exact) mass is 398 g/mol. The summed E-state index contributed by atoms with van der Waals surface area (Å²) in [5, 5.41) is 2.26. The summed E-state index contributed by atoms with van der Waals surface area (Å²) < 4.78 is 32.1. The highest BCUT2D eigenvalue weighted by Crippen LogP contribution is 2.17. The van der Waals surface area contributed by atoms with Crippen LogP contribution in [0.25, 0.3) is 0 Å². The summed E-state index contributed by atoms with van der Waals surface area (Å²) >= 11 is 0. The first-order valence-electron chi connectivity index (χ1n) is 9.34. The molecule has 27 heavy (non-hydrogen) atoms. The summed E-state index contributed by atoms with van der Waals surface area (Å²) in [6.45, 7) is 5.98. The van der Waals surface area contributed by atoms with E-state index in [4.69, 9.17) is 4.74 Å². The maximum Gasteiger partial charge on any atom is 0.241 e. The zero-order chi connectivity index (χ0) is 20.3. The van der Waals surface area contributed by atoms with E-state index in [1.54, 1.807) is 24.3 Å². The smallest absolute Gasteiger partial charge is 0.241 e. The molecule has 1 rings (SSSR count). The Hall–Kier alpha value is -1.93. The number of sulfonamides is 1. The lowest BCUT2D eigenvalue weighted by Crippen LogP contribution is -2.43. The molecule has 0 aliphatic carbocycles. The molecule has 0 bridgehead atoms. The van der Waals surface area contributed by atoms with Gasteiger partial charge in [0.25, 0.3) is 0 Å². The second kappa shape index (κ2) is 11.7. The Balaban J connectivity index is 2.80. The number of ether oxygens (including phenoxy) is 1. The van der Waals surface area contributed by atoms with E-state index in [2.05, 4.69) is 5.32 Å². The largest absolute Gasteiger partial charge is 0.494 e. The van der Waals surface area contributed by atoms with Gasteiger partial charge in [0, 0.05) is 13.0 Å². The number of hydrogen-bond donors (Lipinski definition) is 1. The summed E-state index contributed by atoms with van der Waals surface area (Å²) in [5.74, 6) is -0.604. The third kappa shape index (κ3) is 8.53. The van der Waals surface area contributed by atoms with Gasteiger partial charge in [0.05, 0.1) is 18.9 Å². The van der Waals surface area contributed by atoms with Gasteiger partial charge in [-0.2, -0.15) is 4.31 Å². The quantitative estimate of drug-likeness (QED) is 0.584. The molecular weight excluding hydrogens is 368 g/mol. The van der Waals surface area contributed by atoms with E-state index in [0.717, 1.165) is 10.7 Å².